The first-order valence-corrected chi connectivity index (χ1v) is 9.41. The molecule has 0 bridgehead atoms. The molecule has 1 saturated heterocycles. The molecule has 1 fully saturated rings. The van der Waals surface area contributed by atoms with Crippen molar-refractivity contribution in [2.24, 2.45) is 0 Å². The van der Waals surface area contributed by atoms with Crippen LogP contribution in [0.2, 0.25) is 5.02 Å². The summed E-state index contributed by atoms with van der Waals surface area (Å²) in [6.45, 7) is 1.98. The SMILES string of the molecule is Cc1noc([C@H]2CCCN(CC(OC(=O)Nc3ccc(Cl)cc3)C(F)(F)F)C2)n1. The van der Waals surface area contributed by atoms with Crippen LogP contribution < -0.4 is 5.32 Å². The lowest BCUT2D eigenvalue weighted by atomic mass is 9.97. The van der Waals surface area contributed by atoms with Crippen molar-refractivity contribution in [3.63, 3.8) is 0 Å². The van der Waals surface area contributed by atoms with Gasteiger partial charge in [-0.25, -0.2) is 4.79 Å². The molecule has 1 aliphatic heterocycles. The zero-order chi connectivity index (χ0) is 21.0. The zero-order valence-corrected chi connectivity index (χ0v) is 16.3. The number of halogens is 4. The number of rotatable bonds is 5. The molecule has 2 atom stereocenters. The summed E-state index contributed by atoms with van der Waals surface area (Å²) in [4.78, 5) is 17.7. The third-order valence-corrected chi connectivity index (χ3v) is 4.78. The van der Waals surface area contributed by atoms with E-state index in [0.29, 0.717) is 36.2 Å². The Balaban J connectivity index is 1.61. The molecular formula is C18H20ClF3N4O3. The topological polar surface area (TPSA) is 80.5 Å². The predicted octanol–water partition coefficient (Wildman–Crippen LogP) is 4.39. The van der Waals surface area contributed by atoms with Crippen molar-refractivity contribution in [2.45, 2.75) is 38.0 Å². The van der Waals surface area contributed by atoms with Crippen molar-refractivity contribution < 1.29 is 27.2 Å². The van der Waals surface area contributed by atoms with E-state index < -0.39 is 24.9 Å². The number of anilines is 1. The van der Waals surface area contributed by atoms with Crippen LogP contribution in [-0.2, 0) is 4.74 Å². The van der Waals surface area contributed by atoms with Gasteiger partial charge in [-0.1, -0.05) is 16.8 Å². The first-order valence-electron chi connectivity index (χ1n) is 9.03. The summed E-state index contributed by atoms with van der Waals surface area (Å²) in [6, 6.07) is 5.94. The van der Waals surface area contributed by atoms with Crippen molar-refractivity contribution in [1.29, 1.82) is 0 Å². The Kier molecular flexibility index (Phi) is 6.63. The van der Waals surface area contributed by atoms with Crippen LogP contribution in [0, 0.1) is 6.92 Å². The molecule has 1 amide bonds. The van der Waals surface area contributed by atoms with Crippen molar-refractivity contribution in [3.05, 3.63) is 41.0 Å². The Morgan fingerprint density at radius 2 is 2.14 bits per heavy atom. The highest BCUT2D eigenvalue weighted by atomic mass is 35.5. The number of ether oxygens (including phenoxy) is 1. The maximum atomic E-state index is 13.5. The smallest absolute Gasteiger partial charge is 0.426 e. The van der Waals surface area contributed by atoms with Gasteiger partial charge < -0.3 is 9.26 Å². The van der Waals surface area contributed by atoms with Crippen LogP contribution in [0.3, 0.4) is 0 Å². The molecule has 1 aromatic heterocycles. The number of hydrogen-bond acceptors (Lipinski definition) is 6. The largest absolute Gasteiger partial charge is 0.435 e. The van der Waals surface area contributed by atoms with Gasteiger partial charge in [0.2, 0.25) is 12.0 Å². The lowest BCUT2D eigenvalue weighted by Crippen LogP contribution is -2.47. The average molecular weight is 433 g/mol. The molecule has 3 rings (SSSR count). The fraction of sp³-hybridized carbons (Fsp3) is 0.500. The number of aromatic nitrogens is 2. The summed E-state index contributed by atoms with van der Waals surface area (Å²) in [7, 11) is 0. The highest BCUT2D eigenvalue weighted by molar-refractivity contribution is 6.30. The summed E-state index contributed by atoms with van der Waals surface area (Å²) >= 11 is 5.74. The number of amides is 1. The first-order chi connectivity index (χ1) is 13.7. The molecule has 1 unspecified atom stereocenters. The first kappa shape index (κ1) is 21.4. The number of benzene rings is 1. The number of carbonyl (C=O) groups is 1. The number of nitrogens with zero attached hydrogens (tertiary/aromatic N) is 3. The van der Waals surface area contributed by atoms with Gasteiger partial charge in [-0.05, 0) is 50.6 Å². The van der Waals surface area contributed by atoms with Gasteiger partial charge in [0.15, 0.2) is 5.82 Å². The number of likely N-dealkylation sites (tertiary alicyclic amines) is 1. The number of aryl methyl sites for hydroxylation is 1. The van der Waals surface area contributed by atoms with Gasteiger partial charge in [-0.15, -0.1) is 0 Å². The lowest BCUT2D eigenvalue weighted by Gasteiger charge is -2.33. The number of carbonyl (C=O) groups excluding carboxylic acids is 1. The van der Waals surface area contributed by atoms with Gasteiger partial charge in [0.25, 0.3) is 0 Å². The molecule has 2 heterocycles. The van der Waals surface area contributed by atoms with E-state index in [9.17, 15) is 18.0 Å². The third-order valence-electron chi connectivity index (χ3n) is 4.53. The van der Waals surface area contributed by atoms with Crippen LogP contribution in [0.15, 0.2) is 28.8 Å². The molecule has 1 N–H and O–H groups in total. The second-order valence-electron chi connectivity index (χ2n) is 6.85. The molecule has 0 aliphatic carbocycles. The highest BCUT2D eigenvalue weighted by Crippen LogP contribution is 2.29. The number of piperidine rings is 1. The van der Waals surface area contributed by atoms with E-state index in [4.69, 9.17) is 20.9 Å². The van der Waals surface area contributed by atoms with Gasteiger partial charge in [0, 0.05) is 23.8 Å². The highest BCUT2D eigenvalue weighted by Gasteiger charge is 2.44. The fourth-order valence-corrected chi connectivity index (χ4v) is 3.28. The van der Waals surface area contributed by atoms with Crippen molar-refractivity contribution in [2.75, 3.05) is 25.0 Å². The van der Waals surface area contributed by atoms with Crippen molar-refractivity contribution in [3.8, 4) is 0 Å². The second-order valence-corrected chi connectivity index (χ2v) is 7.28. The minimum atomic E-state index is -4.70. The minimum Gasteiger partial charge on any atom is -0.435 e. The Labute approximate surface area is 170 Å². The van der Waals surface area contributed by atoms with E-state index in [1.54, 1.807) is 11.8 Å². The van der Waals surface area contributed by atoms with E-state index in [1.807, 2.05) is 0 Å². The Hall–Kier alpha value is -2.33. The van der Waals surface area contributed by atoms with Gasteiger partial charge in [-0.2, -0.15) is 18.2 Å². The molecule has 1 aliphatic rings. The molecule has 0 spiro atoms. The van der Waals surface area contributed by atoms with Crippen LogP contribution >= 0.6 is 11.6 Å². The molecule has 7 nitrogen and oxygen atoms in total. The van der Waals surface area contributed by atoms with Gasteiger partial charge in [0.05, 0.1) is 5.92 Å². The zero-order valence-electron chi connectivity index (χ0n) is 15.6. The number of nitrogens with one attached hydrogen (secondary N) is 1. The third kappa shape index (κ3) is 6.07. The monoisotopic (exact) mass is 432 g/mol. The lowest BCUT2D eigenvalue weighted by molar-refractivity contribution is -0.207. The summed E-state index contributed by atoms with van der Waals surface area (Å²) < 4.78 is 50.2. The Morgan fingerprint density at radius 1 is 1.41 bits per heavy atom. The van der Waals surface area contributed by atoms with Crippen molar-refractivity contribution >= 4 is 23.4 Å². The predicted molar refractivity (Wildman–Crippen MR) is 98.8 cm³/mol. The molecule has 11 heteroatoms. The molecular weight excluding hydrogens is 413 g/mol. The van der Waals surface area contributed by atoms with E-state index in [0.717, 1.165) is 6.42 Å². The number of hydrogen-bond donors (Lipinski definition) is 1. The van der Waals surface area contributed by atoms with E-state index >= 15 is 0 Å². The van der Waals surface area contributed by atoms with Crippen molar-refractivity contribution in [1.82, 2.24) is 15.0 Å². The van der Waals surface area contributed by atoms with Gasteiger partial charge in [-0.3, -0.25) is 10.2 Å². The molecule has 158 valence electrons. The quantitative estimate of drug-likeness (QED) is 0.754. The van der Waals surface area contributed by atoms with Crippen LogP contribution in [0.5, 0.6) is 0 Å². The number of alkyl halides is 3. The summed E-state index contributed by atoms with van der Waals surface area (Å²) in [5.74, 6) is 0.742. The van der Waals surface area contributed by atoms with Gasteiger partial charge in [0.1, 0.15) is 0 Å². The average Bonchev–Trinajstić information content (AvgIpc) is 3.09. The van der Waals surface area contributed by atoms with Gasteiger partial charge >= 0.3 is 12.3 Å². The van der Waals surface area contributed by atoms with E-state index in [-0.39, 0.29) is 11.6 Å². The fourth-order valence-electron chi connectivity index (χ4n) is 3.15. The molecule has 2 aromatic rings. The Bertz CT molecular complexity index is 829. The maximum absolute atomic E-state index is 13.5. The van der Waals surface area contributed by atoms with Crippen LogP contribution in [0.4, 0.5) is 23.7 Å². The van der Waals surface area contributed by atoms with Crippen LogP contribution in [0.1, 0.15) is 30.5 Å². The minimum absolute atomic E-state index is 0.151. The molecule has 0 saturated carbocycles. The normalized spacial score (nSPS) is 19.0. The maximum Gasteiger partial charge on any atom is 0.426 e. The van der Waals surface area contributed by atoms with Crippen LogP contribution in [0.25, 0.3) is 0 Å². The Morgan fingerprint density at radius 3 is 2.76 bits per heavy atom. The van der Waals surface area contributed by atoms with Crippen LogP contribution in [-0.4, -0.2) is 53.0 Å². The standard InChI is InChI=1S/C18H20ClF3N4O3/c1-11-23-16(29-25-11)12-3-2-8-26(9-12)10-15(18(20,21)22)28-17(27)24-14-6-4-13(19)5-7-14/h4-7,12,15H,2-3,8-10H2,1H3,(H,24,27)/t12-,15?/m0/s1. The second kappa shape index (κ2) is 9.00. The van der Waals surface area contributed by atoms with E-state index in [2.05, 4.69) is 15.5 Å². The van der Waals surface area contributed by atoms with E-state index in [1.165, 1.54) is 24.3 Å². The molecule has 29 heavy (non-hydrogen) atoms. The molecule has 0 radical (unpaired) electrons. The summed E-state index contributed by atoms with van der Waals surface area (Å²) in [5.41, 5.74) is 0.283. The summed E-state index contributed by atoms with van der Waals surface area (Å²) in [6.07, 6.45) is -6.74. The molecule has 1 aromatic carbocycles. The summed E-state index contributed by atoms with van der Waals surface area (Å²) in [5, 5.41) is 6.44.